The first kappa shape index (κ1) is 20.7. The Balaban J connectivity index is 4.54. The molecule has 0 aliphatic carbocycles. The maximum atomic E-state index is 12.1. The van der Waals surface area contributed by atoms with Gasteiger partial charge in [-0.3, -0.25) is 14.4 Å². The van der Waals surface area contributed by atoms with E-state index in [1.165, 1.54) is 11.9 Å². The molecule has 0 heterocycles. The summed E-state index contributed by atoms with van der Waals surface area (Å²) in [6, 6.07) is -0.980. The van der Waals surface area contributed by atoms with Crippen LogP contribution in [0.15, 0.2) is 0 Å². The van der Waals surface area contributed by atoms with Crippen LogP contribution >= 0.6 is 12.6 Å². The number of hydrogen-bond donors (Lipinski definition) is 4. The van der Waals surface area contributed by atoms with Gasteiger partial charge in [-0.15, -0.1) is 0 Å². The standard InChI is InChI=1S/C14H27N3O4S/c1-15-7-8-16-14(21)11(10-13(19)20)17(2)12(18)6-4-3-5-9-22/h11,15,22H,3-10H2,1-2H3,(H,16,21)(H,19,20)/t11-/m0/s1. The Morgan fingerprint density at radius 3 is 2.41 bits per heavy atom. The smallest absolute Gasteiger partial charge is 0.305 e. The lowest BCUT2D eigenvalue weighted by atomic mass is 10.1. The van der Waals surface area contributed by atoms with E-state index in [-0.39, 0.29) is 5.91 Å². The molecule has 0 saturated heterocycles. The molecule has 0 fully saturated rings. The van der Waals surface area contributed by atoms with Gasteiger partial charge in [0.2, 0.25) is 11.8 Å². The predicted molar refractivity (Wildman–Crippen MR) is 88.1 cm³/mol. The van der Waals surface area contributed by atoms with Crippen LogP contribution in [0.2, 0.25) is 0 Å². The Hall–Kier alpha value is -1.28. The largest absolute Gasteiger partial charge is 0.481 e. The van der Waals surface area contributed by atoms with Crippen LogP contribution in [0.3, 0.4) is 0 Å². The molecular weight excluding hydrogens is 306 g/mol. The van der Waals surface area contributed by atoms with Gasteiger partial charge >= 0.3 is 5.97 Å². The number of nitrogens with one attached hydrogen (secondary N) is 2. The summed E-state index contributed by atoms with van der Waals surface area (Å²) in [7, 11) is 3.23. The summed E-state index contributed by atoms with van der Waals surface area (Å²) in [4.78, 5) is 36.3. The van der Waals surface area contributed by atoms with Gasteiger partial charge in [0, 0.05) is 26.6 Å². The lowest BCUT2D eigenvalue weighted by molar-refractivity contribution is -0.145. The van der Waals surface area contributed by atoms with Gasteiger partial charge < -0.3 is 20.6 Å². The minimum Gasteiger partial charge on any atom is -0.481 e. The van der Waals surface area contributed by atoms with Crippen molar-refractivity contribution in [2.24, 2.45) is 0 Å². The predicted octanol–water partition coefficient (Wildman–Crippen LogP) is 0.114. The first-order valence-corrected chi connectivity index (χ1v) is 8.07. The van der Waals surface area contributed by atoms with Crippen LogP contribution in [0.5, 0.6) is 0 Å². The quantitative estimate of drug-likeness (QED) is 0.300. The molecule has 0 saturated carbocycles. The van der Waals surface area contributed by atoms with Crippen molar-refractivity contribution < 1.29 is 19.5 Å². The normalized spacial score (nSPS) is 11.8. The molecule has 7 nitrogen and oxygen atoms in total. The van der Waals surface area contributed by atoms with Crippen LogP contribution in [0.4, 0.5) is 0 Å². The Morgan fingerprint density at radius 1 is 1.18 bits per heavy atom. The van der Waals surface area contributed by atoms with Crippen molar-refractivity contribution >= 4 is 30.4 Å². The van der Waals surface area contributed by atoms with E-state index in [4.69, 9.17) is 5.11 Å². The van der Waals surface area contributed by atoms with Crippen LogP contribution < -0.4 is 10.6 Å². The van der Waals surface area contributed by atoms with Crippen LogP contribution in [-0.4, -0.2) is 66.8 Å². The molecule has 0 radical (unpaired) electrons. The number of carboxylic acid groups (broad SMARTS) is 1. The summed E-state index contributed by atoms with van der Waals surface area (Å²) in [6.07, 6.45) is 2.45. The Labute approximate surface area is 137 Å². The Bertz CT molecular complexity index is 366. The third kappa shape index (κ3) is 8.89. The average Bonchev–Trinajstić information content (AvgIpc) is 2.48. The SMILES string of the molecule is CNCCNC(=O)[C@H](CC(=O)O)N(C)C(=O)CCCCCS. The third-order valence-electron chi connectivity index (χ3n) is 3.25. The number of thiol groups is 1. The van der Waals surface area contributed by atoms with Crippen LogP contribution in [0.25, 0.3) is 0 Å². The van der Waals surface area contributed by atoms with Gasteiger partial charge in [-0.2, -0.15) is 12.6 Å². The Morgan fingerprint density at radius 2 is 1.86 bits per heavy atom. The highest BCUT2D eigenvalue weighted by molar-refractivity contribution is 7.80. The van der Waals surface area contributed by atoms with Crippen molar-refractivity contribution in [3.8, 4) is 0 Å². The van der Waals surface area contributed by atoms with Gasteiger partial charge in [-0.05, 0) is 25.6 Å². The number of carbonyl (C=O) groups excluding carboxylic acids is 2. The topological polar surface area (TPSA) is 98.7 Å². The summed E-state index contributed by atoms with van der Waals surface area (Å²) in [5, 5.41) is 14.5. The van der Waals surface area contributed by atoms with Crippen molar-refractivity contribution in [3.63, 3.8) is 0 Å². The zero-order valence-electron chi connectivity index (χ0n) is 13.3. The van der Waals surface area contributed by atoms with Crippen LogP contribution in [0.1, 0.15) is 32.1 Å². The molecule has 3 N–H and O–H groups in total. The molecule has 0 spiro atoms. The number of hydrogen-bond acceptors (Lipinski definition) is 5. The average molecular weight is 333 g/mol. The number of aliphatic carboxylic acids is 1. The maximum Gasteiger partial charge on any atom is 0.305 e. The molecule has 0 bridgehead atoms. The van der Waals surface area contributed by atoms with E-state index in [1.54, 1.807) is 7.05 Å². The second-order valence-corrected chi connectivity index (χ2v) is 5.49. The van der Waals surface area contributed by atoms with Crippen LogP contribution in [0, 0.1) is 0 Å². The maximum absolute atomic E-state index is 12.1. The van der Waals surface area contributed by atoms with E-state index in [2.05, 4.69) is 23.3 Å². The van der Waals surface area contributed by atoms with Gasteiger partial charge in [0.1, 0.15) is 6.04 Å². The number of unbranched alkanes of at least 4 members (excludes halogenated alkanes) is 2. The summed E-state index contributed by atoms with van der Waals surface area (Å²) in [6.45, 7) is 0.961. The van der Waals surface area contributed by atoms with E-state index in [1.807, 2.05) is 0 Å². The van der Waals surface area contributed by atoms with Gasteiger partial charge in [0.15, 0.2) is 0 Å². The molecule has 2 amide bonds. The second-order valence-electron chi connectivity index (χ2n) is 5.05. The number of carbonyl (C=O) groups is 3. The zero-order valence-corrected chi connectivity index (χ0v) is 14.2. The van der Waals surface area contributed by atoms with Gasteiger partial charge in [-0.1, -0.05) is 6.42 Å². The van der Waals surface area contributed by atoms with Crippen molar-refractivity contribution in [2.45, 2.75) is 38.1 Å². The molecule has 128 valence electrons. The fraction of sp³-hybridized carbons (Fsp3) is 0.786. The lowest BCUT2D eigenvalue weighted by Gasteiger charge is -2.26. The summed E-state index contributed by atoms with van der Waals surface area (Å²) < 4.78 is 0. The second kappa shape index (κ2) is 12.3. The van der Waals surface area contributed by atoms with Gasteiger partial charge in [0.05, 0.1) is 6.42 Å². The minimum absolute atomic E-state index is 0.214. The number of carboxylic acids is 1. The first-order chi connectivity index (χ1) is 10.4. The van der Waals surface area contributed by atoms with Crippen molar-refractivity contribution in [3.05, 3.63) is 0 Å². The molecule has 0 aromatic carbocycles. The van der Waals surface area contributed by atoms with Crippen molar-refractivity contribution in [1.82, 2.24) is 15.5 Å². The number of nitrogens with zero attached hydrogens (tertiary/aromatic N) is 1. The van der Waals surface area contributed by atoms with E-state index in [0.717, 1.165) is 18.6 Å². The van der Waals surface area contributed by atoms with E-state index in [9.17, 15) is 14.4 Å². The highest BCUT2D eigenvalue weighted by atomic mass is 32.1. The molecule has 1 atom stereocenters. The fourth-order valence-corrected chi connectivity index (χ4v) is 2.14. The highest BCUT2D eigenvalue weighted by Crippen LogP contribution is 2.09. The summed E-state index contributed by atoms with van der Waals surface area (Å²) >= 11 is 4.10. The molecule has 0 aliphatic rings. The minimum atomic E-state index is -1.11. The zero-order chi connectivity index (χ0) is 17.0. The van der Waals surface area contributed by atoms with E-state index in [0.29, 0.717) is 25.9 Å². The third-order valence-corrected chi connectivity index (χ3v) is 3.57. The van der Waals surface area contributed by atoms with Crippen molar-refractivity contribution in [1.29, 1.82) is 0 Å². The monoisotopic (exact) mass is 333 g/mol. The van der Waals surface area contributed by atoms with Crippen LogP contribution in [-0.2, 0) is 14.4 Å². The van der Waals surface area contributed by atoms with Crippen molar-refractivity contribution in [2.75, 3.05) is 32.9 Å². The Kier molecular flexibility index (Phi) is 11.6. The van der Waals surface area contributed by atoms with Gasteiger partial charge in [0.25, 0.3) is 0 Å². The number of likely N-dealkylation sites (N-methyl/N-ethyl adjacent to an activating group) is 2. The highest BCUT2D eigenvalue weighted by Gasteiger charge is 2.28. The molecule has 0 aliphatic heterocycles. The summed E-state index contributed by atoms with van der Waals surface area (Å²) in [5.41, 5.74) is 0. The van der Waals surface area contributed by atoms with Gasteiger partial charge in [-0.25, -0.2) is 0 Å². The molecule has 22 heavy (non-hydrogen) atoms. The lowest BCUT2D eigenvalue weighted by Crippen LogP contribution is -2.49. The molecular formula is C14H27N3O4S. The molecule has 0 aromatic heterocycles. The first-order valence-electron chi connectivity index (χ1n) is 7.44. The van der Waals surface area contributed by atoms with E-state index < -0.39 is 24.3 Å². The number of rotatable bonds is 12. The molecule has 8 heteroatoms. The molecule has 0 rings (SSSR count). The number of amides is 2. The fourth-order valence-electron chi connectivity index (χ4n) is 1.91. The van der Waals surface area contributed by atoms with E-state index >= 15 is 0 Å². The molecule has 0 unspecified atom stereocenters. The summed E-state index contributed by atoms with van der Waals surface area (Å²) in [5.74, 6) is -0.985. The molecule has 0 aromatic rings.